The molecular formula is C23H27N3O5. The fraction of sp³-hybridized carbons (Fsp3) is 0.348. The van der Waals surface area contributed by atoms with Crippen LogP contribution in [-0.2, 0) is 24.4 Å². The molecule has 1 aromatic heterocycles. The molecule has 3 aromatic rings. The Labute approximate surface area is 180 Å². The quantitative estimate of drug-likeness (QED) is 0.597. The summed E-state index contributed by atoms with van der Waals surface area (Å²) < 4.78 is 13.1. The second kappa shape index (κ2) is 9.51. The Morgan fingerprint density at radius 1 is 1.00 bits per heavy atom. The van der Waals surface area contributed by atoms with Gasteiger partial charge in [-0.15, -0.1) is 0 Å². The lowest BCUT2D eigenvalue weighted by molar-refractivity contribution is -0.121. The lowest BCUT2D eigenvalue weighted by Gasteiger charge is -2.15. The minimum Gasteiger partial charge on any atom is -0.493 e. The number of amides is 1. The minimum atomic E-state index is -0.487. The van der Waals surface area contributed by atoms with Crippen LogP contribution in [0.25, 0.3) is 10.9 Å². The number of ether oxygens (including phenoxy) is 2. The van der Waals surface area contributed by atoms with Crippen LogP contribution in [0, 0.1) is 5.92 Å². The summed E-state index contributed by atoms with van der Waals surface area (Å²) in [5.41, 5.74) is 0.446. The van der Waals surface area contributed by atoms with Crippen LogP contribution in [0.5, 0.6) is 11.5 Å². The van der Waals surface area contributed by atoms with E-state index in [0.29, 0.717) is 22.4 Å². The summed E-state index contributed by atoms with van der Waals surface area (Å²) in [6, 6.07) is 12.2. The van der Waals surface area contributed by atoms with E-state index in [1.54, 1.807) is 50.6 Å². The number of benzene rings is 2. The van der Waals surface area contributed by atoms with Crippen LogP contribution in [0.1, 0.15) is 19.4 Å². The lowest BCUT2D eigenvalue weighted by atomic mass is 10.2. The molecule has 31 heavy (non-hydrogen) atoms. The molecule has 0 aliphatic carbocycles. The van der Waals surface area contributed by atoms with Gasteiger partial charge in [-0.3, -0.25) is 18.7 Å². The molecule has 8 nitrogen and oxygen atoms in total. The number of carbonyl (C=O) groups is 1. The molecule has 1 N–H and O–H groups in total. The first-order valence-corrected chi connectivity index (χ1v) is 10.1. The van der Waals surface area contributed by atoms with Crippen LogP contribution in [-0.4, -0.2) is 29.3 Å². The summed E-state index contributed by atoms with van der Waals surface area (Å²) in [5.74, 6) is 0.941. The van der Waals surface area contributed by atoms with Gasteiger partial charge < -0.3 is 14.8 Å². The van der Waals surface area contributed by atoms with Crippen molar-refractivity contribution in [3.63, 3.8) is 0 Å². The minimum absolute atomic E-state index is 0.110. The molecule has 0 spiro atoms. The molecule has 0 bridgehead atoms. The molecule has 1 amide bonds. The Morgan fingerprint density at radius 2 is 1.71 bits per heavy atom. The summed E-state index contributed by atoms with van der Waals surface area (Å²) >= 11 is 0. The maximum Gasteiger partial charge on any atom is 0.331 e. The highest BCUT2D eigenvalue weighted by Gasteiger charge is 2.16. The largest absolute Gasteiger partial charge is 0.493 e. The van der Waals surface area contributed by atoms with Gasteiger partial charge in [0.15, 0.2) is 11.5 Å². The Morgan fingerprint density at radius 3 is 2.39 bits per heavy atom. The van der Waals surface area contributed by atoms with Gasteiger partial charge in [0.2, 0.25) is 5.91 Å². The summed E-state index contributed by atoms with van der Waals surface area (Å²) in [6.45, 7) is 4.22. The second-order valence-corrected chi connectivity index (χ2v) is 7.66. The third-order valence-corrected chi connectivity index (χ3v) is 4.92. The Kier molecular flexibility index (Phi) is 6.79. The number of hydrogen-bond acceptors (Lipinski definition) is 5. The van der Waals surface area contributed by atoms with Crippen molar-refractivity contribution in [2.45, 2.75) is 33.5 Å². The summed E-state index contributed by atoms with van der Waals surface area (Å²) in [5, 5.41) is 3.23. The van der Waals surface area contributed by atoms with Crippen molar-refractivity contribution in [3.8, 4) is 11.5 Å². The first-order valence-electron chi connectivity index (χ1n) is 10.1. The zero-order valence-corrected chi connectivity index (χ0v) is 18.2. The Balaban J connectivity index is 1.87. The molecule has 0 atom stereocenters. The van der Waals surface area contributed by atoms with Crippen molar-refractivity contribution in [2.24, 2.45) is 5.92 Å². The number of nitrogens with one attached hydrogen (secondary N) is 1. The number of aromatic nitrogens is 2. The number of nitrogens with zero attached hydrogens (tertiary/aromatic N) is 2. The number of methoxy groups -OCH3 is 2. The normalized spacial score (nSPS) is 11.0. The van der Waals surface area contributed by atoms with Gasteiger partial charge in [0, 0.05) is 13.1 Å². The maximum atomic E-state index is 13.0. The molecule has 0 saturated carbocycles. The zero-order valence-electron chi connectivity index (χ0n) is 18.2. The number of rotatable bonds is 8. The lowest BCUT2D eigenvalue weighted by Crippen LogP contribution is -2.43. The highest BCUT2D eigenvalue weighted by molar-refractivity contribution is 5.81. The van der Waals surface area contributed by atoms with Gasteiger partial charge in [-0.1, -0.05) is 32.0 Å². The van der Waals surface area contributed by atoms with Crippen LogP contribution in [0.4, 0.5) is 0 Å². The molecule has 8 heteroatoms. The summed E-state index contributed by atoms with van der Waals surface area (Å²) in [7, 11) is 3.10. The van der Waals surface area contributed by atoms with Gasteiger partial charge in [-0.2, -0.15) is 0 Å². The van der Waals surface area contributed by atoms with E-state index >= 15 is 0 Å². The van der Waals surface area contributed by atoms with Gasteiger partial charge in [-0.25, -0.2) is 4.79 Å². The first kappa shape index (κ1) is 22.1. The predicted molar refractivity (Wildman–Crippen MR) is 119 cm³/mol. The number of carbonyl (C=O) groups excluding carboxylic acids is 1. The topological polar surface area (TPSA) is 91.6 Å². The van der Waals surface area contributed by atoms with E-state index < -0.39 is 5.69 Å². The van der Waals surface area contributed by atoms with E-state index in [1.165, 1.54) is 9.13 Å². The third kappa shape index (κ3) is 4.79. The molecule has 0 aliphatic heterocycles. The second-order valence-electron chi connectivity index (χ2n) is 7.66. The SMILES string of the molecule is COc1ccc(CNC(=O)Cn2c(=O)n(CC(C)C)c(=O)c3ccccc32)cc1OC. The standard InChI is InChI=1S/C23H27N3O5/c1-15(2)13-26-22(28)17-7-5-6-8-18(17)25(23(26)29)14-21(27)24-12-16-9-10-19(30-3)20(11-16)31-4/h5-11,15H,12-14H2,1-4H3,(H,24,27). The molecule has 3 rings (SSSR count). The van der Waals surface area contributed by atoms with E-state index in [4.69, 9.17) is 9.47 Å². The van der Waals surface area contributed by atoms with Gasteiger partial charge in [0.05, 0.1) is 25.1 Å². The maximum absolute atomic E-state index is 13.0. The number of fused-ring (bicyclic) bond motifs is 1. The van der Waals surface area contributed by atoms with Crippen LogP contribution < -0.4 is 26.0 Å². The van der Waals surface area contributed by atoms with E-state index in [2.05, 4.69) is 5.32 Å². The monoisotopic (exact) mass is 425 g/mol. The van der Waals surface area contributed by atoms with Crippen molar-refractivity contribution in [3.05, 3.63) is 68.9 Å². The van der Waals surface area contributed by atoms with Gasteiger partial charge >= 0.3 is 5.69 Å². The average Bonchev–Trinajstić information content (AvgIpc) is 2.77. The van der Waals surface area contributed by atoms with Gasteiger partial charge in [0.1, 0.15) is 6.54 Å². The Hall–Kier alpha value is -3.55. The molecule has 0 saturated heterocycles. The van der Waals surface area contributed by atoms with E-state index in [0.717, 1.165) is 5.56 Å². The zero-order chi connectivity index (χ0) is 22.5. The molecule has 1 heterocycles. The highest BCUT2D eigenvalue weighted by atomic mass is 16.5. The van der Waals surface area contributed by atoms with Crippen molar-refractivity contribution >= 4 is 16.8 Å². The first-order chi connectivity index (χ1) is 14.8. The van der Waals surface area contributed by atoms with Crippen molar-refractivity contribution < 1.29 is 14.3 Å². The predicted octanol–water partition coefficient (Wildman–Crippen LogP) is 2.15. The highest BCUT2D eigenvalue weighted by Crippen LogP contribution is 2.27. The summed E-state index contributed by atoms with van der Waals surface area (Å²) in [6.07, 6.45) is 0. The fourth-order valence-corrected chi connectivity index (χ4v) is 3.44. The molecule has 2 aromatic carbocycles. The molecule has 0 fully saturated rings. The van der Waals surface area contributed by atoms with E-state index in [9.17, 15) is 14.4 Å². The van der Waals surface area contributed by atoms with Gasteiger partial charge in [-0.05, 0) is 35.7 Å². The van der Waals surface area contributed by atoms with Crippen LogP contribution in [0.2, 0.25) is 0 Å². The molecule has 0 unspecified atom stereocenters. The van der Waals surface area contributed by atoms with Crippen molar-refractivity contribution in [1.82, 2.24) is 14.5 Å². The third-order valence-electron chi connectivity index (χ3n) is 4.92. The molecule has 0 radical (unpaired) electrons. The fourth-order valence-electron chi connectivity index (χ4n) is 3.44. The number of para-hydroxylation sites is 1. The van der Waals surface area contributed by atoms with E-state index in [-0.39, 0.29) is 37.0 Å². The van der Waals surface area contributed by atoms with Crippen molar-refractivity contribution in [2.75, 3.05) is 14.2 Å². The summed E-state index contributed by atoms with van der Waals surface area (Å²) in [4.78, 5) is 38.5. The smallest absolute Gasteiger partial charge is 0.331 e. The van der Waals surface area contributed by atoms with Crippen molar-refractivity contribution in [1.29, 1.82) is 0 Å². The number of hydrogen-bond donors (Lipinski definition) is 1. The molecular weight excluding hydrogens is 398 g/mol. The van der Waals surface area contributed by atoms with E-state index in [1.807, 2.05) is 19.9 Å². The van der Waals surface area contributed by atoms with Crippen LogP contribution >= 0.6 is 0 Å². The Bertz CT molecular complexity index is 1210. The average molecular weight is 425 g/mol. The molecule has 0 aliphatic rings. The van der Waals surface area contributed by atoms with Crippen LogP contribution in [0.15, 0.2) is 52.1 Å². The van der Waals surface area contributed by atoms with Gasteiger partial charge in [0.25, 0.3) is 5.56 Å². The van der Waals surface area contributed by atoms with Crippen LogP contribution in [0.3, 0.4) is 0 Å². The molecule has 164 valence electrons.